The van der Waals surface area contributed by atoms with E-state index in [0.717, 1.165) is 18.6 Å². The lowest BCUT2D eigenvalue weighted by Gasteiger charge is -2.39. The van der Waals surface area contributed by atoms with Gasteiger partial charge >= 0.3 is 0 Å². The molecular weight excluding hydrogens is 363 g/mol. The fourth-order valence-corrected chi connectivity index (χ4v) is 3.61. The van der Waals surface area contributed by atoms with Crippen LogP contribution in [0, 0.1) is 5.82 Å². The predicted octanol–water partition coefficient (Wildman–Crippen LogP) is 3.53. The maximum atomic E-state index is 13.4. The smallest absolute Gasteiger partial charge is 0.202 e. The lowest BCUT2D eigenvalue weighted by atomic mass is 9.70. The number of aliphatic hydroxyl groups is 2. The molecule has 0 saturated heterocycles. The first-order valence-electron chi connectivity index (χ1n) is 9.06. The molecule has 0 spiro atoms. The summed E-state index contributed by atoms with van der Waals surface area (Å²) in [6.07, 6.45) is 1.49. The molecule has 5 nitrogen and oxygen atoms in total. The Balaban J connectivity index is 2.34. The number of halogens is 1. The molecule has 2 atom stereocenters. The Hall–Kier alpha value is -2.70. The molecule has 2 aromatic rings. The van der Waals surface area contributed by atoms with Gasteiger partial charge in [0.2, 0.25) is 5.78 Å². The van der Waals surface area contributed by atoms with Gasteiger partial charge in [0.05, 0.1) is 14.2 Å². The standard InChI is InChI=1S/C22H23FO5/c1-4-5-6-15-18-16(27-2)11-12-17(28-3)19(18)21(25)22(26,20(15)24)13-7-9-14(23)10-8-13/h6-12,21,25-26H,4-5H2,1-3H3/b15-6-/t21-,22+/m1/s1. The summed E-state index contributed by atoms with van der Waals surface area (Å²) in [5, 5.41) is 22.5. The molecule has 0 unspecified atom stereocenters. The Kier molecular flexibility index (Phi) is 5.54. The van der Waals surface area contributed by atoms with Crippen LogP contribution in [0.3, 0.4) is 0 Å². The number of Topliss-reactive ketones (excluding diaryl/α,β-unsaturated/α-hetero) is 1. The van der Waals surface area contributed by atoms with Crippen molar-refractivity contribution in [3.8, 4) is 11.5 Å². The van der Waals surface area contributed by atoms with Crippen molar-refractivity contribution in [2.45, 2.75) is 31.5 Å². The van der Waals surface area contributed by atoms with E-state index in [0.29, 0.717) is 23.5 Å². The second-order valence-corrected chi connectivity index (χ2v) is 6.67. The zero-order valence-electron chi connectivity index (χ0n) is 16.0. The number of benzene rings is 2. The van der Waals surface area contributed by atoms with E-state index in [9.17, 15) is 19.4 Å². The topological polar surface area (TPSA) is 76.0 Å². The molecule has 0 aliphatic heterocycles. The lowest BCUT2D eigenvalue weighted by Crippen LogP contribution is -2.46. The van der Waals surface area contributed by atoms with Gasteiger partial charge < -0.3 is 19.7 Å². The third-order valence-corrected chi connectivity index (χ3v) is 5.06. The summed E-state index contributed by atoms with van der Waals surface area (Å²) < 4.78 is 24.2. The van der Waals surface area contributed by atoms with Crippen LogP contribution in [0.2, 0.25) is 0 Å². The van der Waals surface area contributed by atoms with Gasteiger partial charge in [-0.2, -0.15) is 0 Å². The number of rotatable bonds is 5. The maximum absolute atomic E-state index is 13.4. The van der Waals surface area contributed by atoms with Crippen molar-refractivity contribution in [2.75, 3.05) is 14.2 Å². The first kappa shape index (κ1) is 20.0. The third kappa shape index (κ3) is 2.99. The summed E-state index contributed by atoms with van der Waals surface area (Å²) >= 11 is 0. The van der Waals surface area contributed by atoms with Crippen molar-refractivity contribution in [1.82, 2.24) is 0 Å². The van der Waals surface area contributed by atoms with Crippen molar-refractivity contribution < 1.29 is 28.9 Å². The quantitative estimate of drug-likeness (QED) is 0.769. The summed E-state index contributed by atoms with van der Waals surface area (Å²) in [5.41, 5.74) is -1.27. The number of fused-ring (bicyclic) bond motifs is 1. The molecule has 1 aliphatic carbocycles. The number of hydrogen-bond acceptors (Lipinski definition) is 5. The molecule has 0 radical (unpaired) electrons. The first-order chi connectivity index (χ1) is 13.4. The van der Waals surface area contributed by atoms with Crippen molar-refractivity contribution >= 4 is 11.4 Å². The van der Waals surface area contributed by atoms with E-state index in [1.807, 2.05) is 6.92 Å². The molecule has 0 amide bonds. The van der Waals surface area contributed by atoms with E-state index in [2.05, 4.69) is 0 Å². The van der Waals surface area contributed by atoms with E-state index in [-0.39, 0.29) is 16.7 Å². The number of methoxy groups -OCH3 is 2. The summed E-state index contributed by atoms with van der Waals surface area (Å²) in [6.45, 7) is 1.97. The van der Waals surface area contributed by atoms with E-state index < -0.39 is 23.3 Å². The summed E-state index contributed by atoms with van der Waals surface area (Å²) in [5.74, 6) is -0.462. The van der Waals surface area contributed by atoms with Gasteiger partial charge in [-0.15, -0.1) is 0 Å². The van der Waals surface area contributed by atoms with Crippen molar-refractivity contribution in [1.29, 1.82) is 0 Å². The molecule has 0 heterocycles. The van der Waals surface area contributed by atoms with Gasteiger partial charge in [0.15, 0.2) is 5.60 Å². The predicted molar refractivity (Wildman–Crippen MR) is 103 cm³/mol. The van der Waals surface area contributed by atoms with Crippen molar-refractivity contribution in [3.63, 3.8) is 0 Å². The third-order valence-electron chi connectivity index (χ3n) is 5.06. The van der Waals surface area contributed by atoms with Gasteiger partial charge in [-0.3, -0.25) is 4.79 Å². The number of ketones is 1. The van der Waals surface area contributed by atoms with Gasteiger partial charge in [0.25, 0.3) is 0 Å². The van der Waals surface area contributed by atoms with Crippen LogP contribution >= 0.6 is 0 Å². The number of allylic oxidation sites excluding steroid dienone is 1. The number of ether oxygens (including phenoxy) is 2. The molecule has 0 aromatic heterocycles. The monoisotopic (exact) mass is 386 g/mol. The molecule has 6 heteroatoms. The summed E-state index contributed by atoms with van der Waals surface area (Å²) in [6, 6.07) is 8.14. The Morgan fingerprint density at radius 3 is 2.29 bits per heavy atom. The van der Waals surface area contributed by atoms with Crippen LogP contribution in [0.4, 0.5) is 4.39 Å². The van der Waals surface area contributed by atoms with E-state index in [4.69, 9.17) is 9.47 Å². The number of aliphatic hydroxyl groups excluding tert-OH is 1. The van der Waals surface area contributed by atoms with Crippen LogP contribution in [0.1, 0.15) is 42.6 Å². The van der Waals surface area contributed by atoms with Crippen molar-refractivity contribution in [3.05, 3.63) is 65.0 Å². The van der Waals surface area contributed by atoms with E-state index in [1.54, 1.807) is 18.2 Å². The molecule has 0 fully saturated rings. The van der Waals surface area contributed by atoms with Gasteiger partial charge in [-0.25, -0.2) is 4.39 Å². The molecule has 0 saturated carbocycles. The molecule has 3 rings (SSSR count). The summed E-state index contributed by atoms with van der Waals surface area (Å²) in [7, 11) is 2.91. The zero-order valence-corrected chi connectivity index (χ0v) is 16.0. The maximum Gasteiger partial charge on any atom is 0.202 e. The Bertz CT molecular complexity index is 919. The van der Waals surface area contributed by atoms with Crippen LogP contribution in [-0.4, -0.2) is 30.2 Å². The average Bonchev–Trinajstić information content (AvgIpc) is 2.71. The molecule has 28 heavy (non-hydrogen) atoms. The molecule has 148 valence electrons. The van der Waals surface area contributed by atoms with Crippen LogP contribution in [0.15, 0.2) is 42.5 Å². The fourth-order valence-electron chi connectivity index (χ4n) is 3.61. The number of carbonyl (C=O) groups excluding carboxylic acids is 1. The Morgan fingerprint density at radius 2 is 1.71 bits per heavy atom. The van der Waals surface area contributed by atoms with Crippen LogP contribution in [0.5, 0.6) is 11.5 Å². The molecule has 0 bridgehead atoms. The highest BCUT2D eigenvalue weighted by atomic mass is 19.1. The van der Waals surface area contributed by atoms with Crippen LogP contribution < -0.4 is 9.47 Å². The molecular formula is C22H23FO5. The molecule has 2 aromatic carbocycles. The average molecular weight is 386 g/mol. The SMILES string of the molecule is CCC/C=C1\C(=O)[C@@](O)(c2ccc(F)cc2)[C@H](O)c2c(OC)ccc(OC)c21. The highest BCUT2D eigenvalue weighted by Gasteiger charge is 2.53. The number of unbranched alkanes of at least 4 members (excludes halogenated alkanes) is 1. The number of carbonyl (C=O) groups is 1. The highest BCUT2D eigenvalue weighted by molar-refractivity contribution is 6.27. The Labute approximate surface area is 163 Å². The lowest BCUT2D eigenvalue weighted by molar-refractivity contribution is -0.148. The zero-order chi connectivity index (χ0) is 20.5. The minimum absolute atomic E-state index is 0.101. The van der Waals surface area contributed by atoms with Gasteiger partial charge in [0.1, 0.15) is 23.4 Å². The Morgan fingerprint density at radius 1 is 1.11 bits per heavy atom. The largest absolute Gasteiger partial charge is 0.496 e. The minimum atomic E-state index is -2.28. The first-order valence-corrected chi connectivity index (χ1v) is 9.06. The van der Waals surface area contributed by atoms with Crippen molar-refractivity contribution in [2.24, 2.45) is 0 Å². The second kappa shape index (κ2) is 7.73. The number of hydrogen-bond donors (Lipinski definition) is 2. The normalized spacial score (nSPS) is 22.9. The van der Waals surface area contributed by atoms with Gasteiger partial charge in [-0.1, -0.05) is 31.6 Å². The van der Waals surface area contributed by atoms with E-state index >= 15 is 0 Å². The summed E-state index contributed by atoms with van der Waals surface area (Å²) in [4.78, 5) is 13.4. The minimum Gasteiger partial charge on any atom is -0.496 e. The highest BCUT2D eigenvalue weighted by Crippen LogP contribution is 2.52. The molecule has 2 N–H and O–H groups in total. The second-order valence-electron chi connectivity index (χ2n) is 6.67. The van der Waals surface area contributed by atoms with Gasteiger partial charge in [0, 0.05) is 16.7 Å². The van der Waals surface area contributed by atoms with E-state index in [1.165, 1.54) is 26.4 Å². The molecule has 1 aliphatic rings. The van der Waals surface area contributed by atoms with Crippen LogP contribution in [0.25, 0.3) is 5.57 Å². The fraction of sp³-hybridized carbons (Fsp3) is 0.318. The van der Waals surface area contributed by atoms with Crippen LogP contribution in [-0.2, 0) is 10.4 Å². The van der Waals surface area contributed by atoms with Gasteiger partial charge in [-0.05, 0) is 36.2 Å².